The van der Waals surface area contributed by atoms with Gasteiger partial charge in [0.1, 0.15) is 0 Å². The second kappa shape index (κ2) is 7.08. The molecule has 1 aromatic rings. The van der Waals surface area contributed by atoms with Crippen LogP contribution in [0.5, 0.6) is 0 Å². The van der Waals surface area contributed by atoms with E-state index in [-0.39, 0.29) is 11.9 Å². The molecule has 0 saturated carbocycles. The van der Waals surface area contributed by atoms with Crippen LogP contribution in [0.15, 0.2) is 24.3 Å². The Balaban J connectivity index is 1.92. The number of carbonyl (C=O) groups is 2. The van der Waals surface area contributed by atoms with Crippen LogP contribution in [-0.2, 0) is 0 Å². The number of rotatable bonds is 4. The highest BCUT2D eigenvalue weighted by Crippen LogP contribution is 2.11. The Morgan fingerprint density at radius 3 is 2.86 bits per heavy atom. The van der Waals surface area contributed by atoms with E-state index in [0.29, 0.717) is 23.8 Å². The summed E-state index contributed by atoms with van der Waals surface area (Å²) in [5.41, 5.74) is 1.16. The summed E-state index contributed by atoms with van der Waals surface area (Å²) in [6.45, 7) is 1.65. The van der Waals surface area contributed by atoms with Gasteiger partial charge in [0.15, 0.2) is 0 Å². The number of benzene rings is 1. The lowest BCUT2D eigenvalue weighted by Crippen LogP contribution is -2.37. The Morgan fingerprint density at radius 2 is 2.19 bits per heavy atom. The summed E-state index contributed by atoms with van der Waals surface area (Å²) in [5, 5.41) is 8.98. The van der Waals surface area contributed by atoms with Crippen LogP contribution in [0, 0.1) is 0 Å². The molecule has 3 N–H and O–H groups in total. The second-order valence-electron chi connectivity index (χ2n) is 5.41. The van der Waals surface area contributed by atoms with Gasteiger partial charge < -0.3 is 20.9 Å². The maximum Gasteiger partial charge on any atom is 0.321 e. The Labute approximate surface area is 124 Å². The maximum absolute atomic E-state index is 12.1. The van der Waals surface area contributed by atoms with Crippen molar-refractivity contribution in [3.8, 4) is 0 Å². The number of urea groups is 1. The third-order valence-corrected chi connectivity index (χ3v) is 3.45. The summed E-state index contributed by atoms with van der Waals surface area (Å²) in [6.07, 6.45) is 2.26. The number of amides is 3. The third kappa shape index (κ3) is 4.46. The van der Waals surface area contributed by atoms with E-state index in [9.17, 15) is 9.59 Å². The molecule has 6 nitrogen and oxygen atoms in total. The molecule has 21 heavy (non-hydrogen) atoms. The summed E-state index contributed by atoms with van der Waals surface area (Å²) in [4.78, 5) is 25.2. The van der Waals surface area contributed by atoms with Gasteiger partial charge in [0.25, 0.3) is 5.91 Å². The zero-order chi connectivity index (χ0) is 15.2. The molecule has 1 aliphatic rings. The molecule has 1 atom stereocenters. The average Bonchev–Trinajstić information content (AvgIpc) is 2.98. The number of hydrogen-bond acceptors (Lipinski definition) is 3. The minimum absolute atomic E-state index is 0.121. The van der Waals surface area contributed by atoms with E-state index in [2.05, 4.69) is 16.0 Å². The molecule has 1 fully saturated rings. The summed E-state index contributed by atoms with van der Waals surface area (Å²) in [7, 11) is 3.33. The fourth-order valence-electron chi connectivity index (χ4n) is 2.22. The molecule has 2 rings (SSSR count). The maximum atomic E-state index is 12.1. The lowest BCUT2D eigenvalue weighted by Gasteiger charge is -2.14. The van der Waals surface area contributed by atoms with Crippen molar-refractivity contribution in [2.24, 2.45) is 0 Å². The molecule has 0 spiro atoms. The standard InChI is InChI=1S/C15H22N4O2/c1-19(2)15(21)18-12-6-3-5-11(9-12)14(20)17-10-13-7-4-8-16-13/h3,5-6,9,13,16H,4,7-8,10H2,1-2H3,(H,17,20)(H,18,21). The van der Waals surface area contributed by atoms with Gasteiger partial charge in [-0.2, -0.15) is 0 Å². The van der Waals surface area contributed by atoms with Crippen molar-refractivity contribution in [1.82, 2.24) is 15.5 Å². The Hall–Kier alpha value is -2.08. The highest BCUT2D eigenvalue weighted by Gasteiger charge is 2.15. The number of anilines is 1. The lowest BCUT2D eigenvalue weighted by molar-refractivity contribution is 0.0950. The molecule has 0 bridgehead atoms. The van der Waals surface area contributed by atoms with E-state index < -0.39 is 0 Å². The predicted molar refractivity (Wildman–Crippen MR) is 82.5 cm³/mol. The van der Waals surface area contributed by atoms with E-state index in [0.717, 1.165) is 19.4 Å². The van der Waals surface area contributed by atoms with Gasteiger partial charge in [0, 0.05) is 37.9 Å². The van der Waals surface area contributed by atoms with E-state index in [1.807, 2.05) is 0 Å². The van der Waals surface area contributed by atoms with Gasteiger partial charge in [0.05, 0.1) is 0 Å². The fraction of sp³-hybridized carbons (Fsp3) is 0.467. The molecule has 6 heteroatoms. The quantitative estimate of drug-likeness (QED) is 0.781. The topological polar surface area (TPSA) is 73.5 Å². The molecule has 0 aromatic heterocycles. The molecule has 1 aliphatic heterocycles. The highest BCUT2D eigenvalue weighted by atomic mass is 16.2. The van der Waals surface area contributed by atoms with Gasteiger partial charge in [-0.25, -0.2) is 4.79 Å². The van der Waals surface area contributed by atoms with Crippen molar-refractivity contribution in [3.05, 3.63) is 29.8 Å². The van der Waals surface area contributed by atoms with Crippen LogP contribution in [-0.4, -0.2) is 50.1 Å². The lowest BCUT2D eigenvalue weighted by atomic mass is 10.1. The second-order valence-corrected chi connectivity index (χ2v) is 5.41. The zero-order valence-electron chi connectivity index (χ0n) is 12.5. The van der Waals surface area contributed by atoms with Crippen molar-refractivity contribution >= 4 is 17.6 Å². The van der Waals surface area contributed by atoms with Crippen LogP contribution in [0.2, 0.25) is 0 Å². The van der Waals surface area contributed by atoms with E-state index in [1.54, 1.807) is 38.4 Å². The molecule has 114 valence electrons. The minimum atomic E-state index is -0.220. The summed E-state index contributed by atoms with van der Waals surface area (Å²) in [5.74, 6) is -0.121. The van der Waals surface area contributed by atoms with Crippen molar-refractivity contribution in [1.29, 1.82) is 0 Å². The largest absolute Gasteiger partial charge is 0.350 e. The Morgan fingerprint density at radius 1 is 1.38 bits per heavy atom. The van der Waals surface area contributed by atoms with E-state index in [1.165, 1.54) is 4.90 Å². The van der Waals surface area contributed by atoms with Gasteiger partial charge in [-0.15, -0.1) is 0 Å². The van der Waals surface area contributed by atoms with Gasteiger partial charge in [0.2, 0.25) is 0 Å². The van der Waals surface area contributed by atoms with Crippen molar-refractivity contribution < 1.29 is 9.59 Å². The van der Waals surface area contributed by atoms with Gasteiger partial charge in [-0.05, 0) is 37.6 Å². The van der Waals surface area contributed by atoms with Crippen LogP contribution in [0.4, 0.5) is 10.5 Å². The van der Waals surface area contributed by atoms with E-state index >= 15 is 0 Å². The van der Waals surface area contributed by atoms with Gasteiger partial charge in [-0.3, -0.25) is 4.79 Å². The van der Waals surface area contributed by atoms with E-state index in [4.69, 9.17) is 0 Å². The molecular formula is C15H22N4O2. The first-order chi connectivity index (χ1) is 10.1. The van der Waals surface area contributed by atoms with Crippen molar-refractivity contribution in [2.75, 3.05) is 32.5 Å². The number of hydrogen-bond donors (Lipinski definition) is 3. The molecule has 3 amide bonds. The number of nitrogens with one attached hydrogen (secondary N) is 3. The Bertz CT molecular complexity index is 510. The highest BCUT2D eigenvalue weighted by molar-refractivity contribution is 5.96. The molecule has 1 aromatic carbocycles. The van der Waals surface area contributed by atoms with Gasteiger partial charge in [-0.1, -0.05) is 6.07 Å². The fourth-order valence-corrected chi connectivity index (χ4v) is 2.22. The Kier molecular flexibility index (Phi) is 5.16. The summed E-state index contributed by atoms with van der Waals surface area (Å²) >= 11 is 0. The van der Waals surface area contributed by atoms with Crippen molar-refractivity contribution in [3.63, 3.8) is 0 Å². The first-order valence-corrected chi connectivity index (χ1v) is 7.16. The molecule has 1 unspecified atom stereocenters. The SMILES string of the molecule is CN(C)C(=O)Nc1cccc(C(=O)NCC2CCCN2)c1. The number of nitrogens with zero attached hydrogens (tertiary/aromatic N) is 1. The average molecular weight is 290 g/mol. The normalized spacial score (nSPS) is 17.3. The van der Waals surface area contributed by atoms with Crippen LogP contribution < -0.4 is 16.0 Å². The van der Waals surface area contributed by atoms with Crippen LogP contribution in [0.3, 0.4) is 0 Å². The number of carbonyl (C=O) groups excluding carboxylic acids is 2. The van der Waals surface area contributed by atoms with Gasteiger partial charge >= 0.3 is 6.03 Å². The van der Waals surface area contributed by atoms with Crippen molar-refractivity contribution in [2.45, 2.75) is 18.9 Å². The first kappa shape index (κ1) is 15.3. The smallest absolute Gasteiger partial charge is 0.321 e. The van der Waals surface area contributed by atoms with Crippen LogP contribution >= 0.6 is 0 Å². The summed E-state index contributed by atoms with van der Waals surface area (Å²) < 4.78 is 0. The molecule has 1 heterocycles. The van der Waals surface area contributed by atoms with Crippen LogP contribution in [0.1, 0.15) is 23.2 Å². The third-order valence-electron chi connectivity index (χ3n) is 3.45. The molecule has 1 saturated heterocycles. The first-order valence-electron chi connectivity index (χ1n) is 7.16. The zero-order valence-corrected chi connectivity index (χ0v) is 12.5. The minimum Gasteiger partial charge on any atom is -0.350 e. The van der Waals surface area contributed by atoms with Crippen LogP contribution in [0.25, 0.3) is 0 Å². The molecule has 0 aliphatic carbocycles. The molecular weight excluding hydrogens is 268 g/mol. The monoisotopic (exact) mass is 290 g/mol. The molecule has 0 radical (unpaired) electrons. The summed E-state index contributed by atoms with van der Waals surface area (Å²) in [6, 6.07) is 7.08. The predicted octanol–water partition coefficient (Wildman–Crippen LogP) is 1.26.